The summed E-state index contributed by atoms with van der Waals surface area (Å²) in [5.74, 6) is 3.39. The van der Waals surface area contributed by atoms with Crippen LogP contribution in [0, 0.1) is 5.92 Å². The van der Waals surface area contributed by atoms with Crippen LogP contribution in [0.25, 0.3) is 10.2 Å². The van der Waals surface area contributed by atoms with Gasteiger partial charge in [0.2, 0.25) is 5.95 Å². The Morgan fingerprint density at radius 2 is 2.07 bits per heavy atom. The van der Waals surface area contributed by atoms with Crippen LogP contribution in [-0.2, 0) is 0 Å². The SMILES string of the molecule is C[C@@H](O)C1CCN(c2nc(Nc3cc(C4CC4)[nH]n3)c3sccc3n2)CC1. The molecular weight excluding hydrogens is 360 g/mol. The zero-order chi connectivity index (χ0) is 18.4. The molecule has 7 nitrogen and oxygen atoms in total. The largest absolute Gasteiger partial charge is 0.393 e. The summed E-state index contributed by atoms with van der Waals surface area (Å²) in [6, 6.07) is 4.13. The summed E-state index contributed by atoms with van der Waals surface area (Å²) >= 11 is 1.64. The van der Waals surface area contributed by atoms with Gasteiger partial charge in [-0.1, -0.05) is 0 Å². The summed E-state index contributed by atoms with van der Waals surface area (Å²) in [4.78, 5) is 11.8. The summed E-state index contributed by atoms with van der Waals surface area (Å²) in [7, 11) is 0. The Kier molecular flexibility index (Phi) is 4.24. The number of hydrogen-bond acceptors (Lipinski definition) is 7. The van der Waals surface area contributed by atoms with Crippen LogP contribution >= 0.6 is 11.3 Å². The van der Waals surface area contributed by atoms with E-state index in [0.717, 1.165) is 53.7 Å². The molecule has 2 fully saturated rings. The van der Waals surface area contributed by atoms with E-state index in [0.29, 0.717) is 11.8 Å². The van der Waals surface area contributed by atoms with Crippen molar-refractivity contribution in [1.29, 1.82) is 0 Å². The number of nitrogens with zero attached hydrogens (tertiary/aromatic N) is 4. The van der Waals surface area contributed by atoms with Crippen molar-refractivity contribution in [1.82, 2.24) is 20.2 Å². The van der Waals surface area contributed by atoms with Gasteiger partial charge >= 0.3 is 0 Å². The maximum atomic E-state index is 9.83. The topological polar surface area (TPSA) is 90.0 Å². The number of aromatic nitrogens is 4. The molecule has 27 heavy (non-hydrogen) atoms. The molecule has 2 aliphatic rings. The molecule has 5 rings (SSSR count). The van der Waals surface area contributed by atoms with Crippen LogP contribution in [-0.4, -0.2) is 44.5 Å². The van der Waals surface area contributed by atoms with Crippen molar-refractivity contribution >= 4 is 39.1 Å². The van der Waals surface area contributed by atoms with Gasteiger partial charge in [-0.15, -0.1) is 11.3 Å². The Balaban J connectivity index is 1.41. The van der Waals surface area contributed by atoms with Gasteiger partial charge in [0.25, 0.3) is 0 Å². The van der Waals surface area contributed by atoms with Gasteiger partial charge in [0.05, 0.1) is 16.3 Å². The molecule has 1 aliphatic heterocycles. The number of fused-ring (bicyclic) bond motifs is 1. The molecule has 1 atom stereocenters. The summed E-state index contributed by atoms with van der Waals surface area (Å²) in [6.07, 6.45) is 4.18. The molecule has 3 aromatic heterocycles. The number of nitrogens with one attached hydrogen (secondary N) is 2. The monoisotopic (exact) mass is 384 g/mol. The number of aromatic amines is 1. The van der Waals surface area contributed by atoms with E-state index in [1.165, 1.54) is 18.5 Å². The molecule has 1 saturated heterocycles. The van der Waals surface area contributed by atoms with Crippen LogP contribution in [0.15, 0.2) is 17.5 Å². The van der Waals surface area contributed by atoms with Crippen LogP contribution in [0.1, 0.15) is 44.2 Å². The minimum absolute atomic E-state index is 0.245. The number of aliphatic hydroxyl groups is 1. The first-order valence-electron chi connectivity index (χ1n) is 9.68. The molecule has 0 bridgehead atoms. The fourth-order valence-electron chi connectivity index (χ4n) is 3.78. The van der Waals surface area contributed by atoms with Crippen molar-refractivity contribution < 1.29 is 5.11 Å². The maximum Gasteiger partial charge on any atom is 0.227 e. The molecule has 0 aromatic carbocycles. The minimum atomic E-state index is -0.245. The molecule has 0 unspecified atom stereocenters. The van der Waals surface area contributed by atoms with Crippen molar-refractivity contribution in [3.05, 3.63) is 23.2 Å². The number of H-pyrrole nitrogens is 1. The highest BCUT2D eigenvalue weighted by Gasteiger charge is 2.27. The van der Waals surface area contributed by atoms with Crippen LogP contribution in [0.4, 0.5) is 17.6 Å². The molecule has 1 saturated carbocycles. The van der Waals surface area contributed by atoms with Crippen LogP contribution in [0.5, 0.6) is 0 Å². The Labute approximate surface area is 161 Å². The van der Waals surface area contributed by atoms with E-state index in [2.05, 4.69) is 26.5 Å². The second-order valence-corrected chi connectivity index (χ2v) is 8.60. The van der Waals surface area contributed by atoms with Crippen molar-refractivity contribution in [2.45, 2.75) is 44.6 Å². The van der Waals surface area contributed by atoms with Crippen LogP contribution < -0.4 is 10.2 Å². The first-order valence-corrected chi connectivity index (χ1v) is 10.6. The fraction of sp³-hybridized carbons (Fsp3) is 0.526. The molecular formula is C19H24N6OS. The van der Waals surface area contributed by atoms with E-state index in [9.17, 15) is 5.11 Å². The second-order valence-electron chi connectivity index (χ2n) is 7.68. The van der Waals surface area contributed by atoms with Gasteiger partial charge in [0, 0.05) is 30.8 Å². The number of thiophene rings is 1. The lowest BCUT2D eigenvalue weighted by Gasteiger charge is -2.33. The Morgan fingerprint density at radius 3 is 2.81 bits per heavy atom. The van der Waals surface area contributed by atoms with E-state index >= 15 is 0 Å². The van der Waals surface area contributed by atoms with E-state index < -0.39 is 0 Å². The Morgan fingerprint density at radius 1 is 1.26 bits per heavy atom. The molecule has 0 spiro atoms. The van der Waals surface area contributed by atoms with Crippen molar-refractivity contribution in [2.75, 3.05) is 23.3 Å². The third-order valence-electron chi connectivity index (χ3n) is 5.66. The highest BCUT2D eigenvalue weighted by atomic mass is 32.1. The highest BCUT2D eigenvalue weighted by molar-refractivity contribution is 7.17. The fourth-order valence-corrected chi connectivity index (χ4v) is 4.56. The van der Waals surface area contributed by atoms with Crippen molar-refractivity contribution in [2.24, 2.45) is 5.92 Å². The molecule has 8 heteroatoms. The number of rotatable bonds is 5. The molecule has 4 heterocycles. The standard InChI is InChI=1S/C19H24N6OS/c1-11(26)12-4-7-25(8-5-12)19-20-14-6-9-27-17(14)18(22-19)21-16-10-15(23-24-16)13-2-3-13/h6,9-13,26H,2-5,7-8H2,1H3,(H2,20,21,22,23,24)/t11-/m1/s1. The van der Waals surface area contributed by atoms with Crippen molar-refractivity contribution in [3.8, 4) is 0 Å². The van der Waals surface area contributed by atoms with E-state index in [-0.39, 0.29) is 6.10 Å². The minimum Gasteiger partial charge on any atom is -0.393 e. The van der Waals surface area contributed by atoms with Gasteiger partial charge < -0.3 is 15.3 Å². The van der Waals surface area contributed by atoms with Crippen molar-refractivity contribution in [3.63, 3.8) is 0 Å². The predicted octanol–water partition coefficient (Wildman–Crippen LogP) is 3.63. The average molecular weight is 385 g/mol. The molecule has 0 radical (unpaired) electrons. The van der Waals surface area contributed by atoms with Crippen LogP contribution in [0.2, 0.25) is 0 Å². The molecule has 3 aromatic rings. The quantitative estimate of drug-likeness (QED) is 0.622. The van der Waals surface area contributed by atoms with Crippen LogP contribution in [0.3, 0.4) is 0 Å². The van der Waals surface area contributed by atoms with E-state index in [1.807, 2.05) is 18.4 Å². The summed E-state index contributed by atoms with van der Waals surface area (Å²) in [5, 5.41) is 22.8. The third kappa shape index (κ3) is 3.39. The summed E-state index contributed by atoms with van der Waals surface area (Å²) in [6.45, 7) is 3.63. The molecule has 1 aliphatic carbocycles. The number of aliphatic hydroxyl groups excluding tert-OH is 1. The predicted molar refractivity (Wildman–Crippen MR) is 108 cm³/mol. The third-order valence-corrected chi connectivity index (χ3v) is 6.57. The van der Waals surface area contributed by atoms with Gasteiger partial charge in [-0.2, -0.15) is 10.1 Å². The number of anilines is 3. The number of piperidine rings is 1. The summed E-state index contributed by atoms with van der Waals surface area (Å²) in [5.41, 5.74) is 2.16. The van der Waals surface area contributed by atoms with Gasteiger partial charge in [-0.3, -0.25) is 5.10 Å². The zero-order valence-electron chi connectivity index (χ0n) is 15.4. The second kappa shape index (κ2) is 6.76. The highest BCUT2D eigenvalue weighted by Crippen LogP contribution is 2.40. The van der Waals surface area contributed by atoms with Gasteiger partial charge in [-0.25, -0.2) is 4.98 Å². The van der Waals surface area contributed by atoms with Gasteiger partial charge in [0.1, 0.15) is 0 Å². The maximum absolute atomic E-state index is 9.83. The molecule has 0 amide bonds. The Hall–Kier alpha value is -2.19. The average Bonchev–Trinajstić information content (AvgIpc) is 3.23. The number of hydrogen-bond donors (Lipinski definition) is 3. The van der Waals surface area contributed by atoms with Gasteiger partial charge in [0.15, 0.2) is 11.6 Å². The van der Waals surface area contributed by atoms with E-state index in [1.54, 1.807) is 11.3 Å². The lowest BCUT2D eigenvalue weighted by atomic mass is 9.92. The summed E-state index contributed by atoms with van der Waals surface area (Å²) < 4.78 is 1.05. The smallest absolute Gasteiger partial charge is 0.227 e. The van der Waals surface area contributed by atoms with E-state index in [4.69, 9.17) is 9.97 Å². The zero-order valence-corrected chi connectivity index (χ0v) is 16.2. The molecule has 3 N–H and O–H groups in total. The first kappa shape index (κ1) is 16.9. The lowest BCUT2D eigenvalue weighted by molar-refractivity contribution is 0.109. The lowest BCUT2D eigenvalue weighted by Crippen LogP contribution is -2.38. The Bertz CT molecular complexity index is 939. The first-order chi connectivity index (χ1) is 13.2. The normalized spacial score (nSPS) is 19.6. The van der Waals surface area contributed by atoms with Gasteiger partial charge in [-0.05, 0) is 50.0 Å². The molecule has 142 valence electrons.